The topological polar surface area (TPSA) is 59.9 Å². The first-order valence-corrected chi connectivity index (χ1v) is 9.40. The summed E-state index contributed by atoms with van der Waals surface area (Å²) in [5.41, 5.74) is 0. The quantitative estimate of drug-likeness (QED) is 0.550. The summed E-state index contributed by atoms with van der Waals surface area (Å²) >= 11 is 1.78. The smallest absolute Gasteiger partial charge is 0.191 e. The zero-order chi connectivity index (χ0) is 16.7. The number of hydrogen-bond donors (Lipinski definition) is 3. The maximum atomic E-state index is 9.63. The molecule has 1 aromatic rings. The van der Waals surface area contributed by atoms with E-state index in [-0.39, 0.29) is 6.10 Å². The number of hydrogen-bond acceptors (Lipinski definition) is 4. The normalized spacial score (nSPS) is 23.8. The third-order valence-electron chi connectivity index (χ3n) is 4.30. The van der Waals surface area contributed by atoms with Gasteiger partial charge in [0, 0.05) is 17.5 Å². The monoisotopic (exact) mass is 338 g/mol. The summed E-state index contributed by atoms with van der Waals surface area (Å²) < 4.78 is 0. The highest BCUT2D eigenvalue weighted by atomic mass is 32.1. The molecule has 1 saturated carbocycles. The maximum absolute atomic E-state index is 9.63. The van der Waals surface area contributed by atoms with E-state index in [4.69, 9.17) is 4.99 Å². The van der Waals surface area contributed by atoms with Gasteiger partial charge in [-0.15, -0.1) is 11.3 Å². The SMILES string of the molecule is CCNC(=NCC(c1cccs1)N(C)C)NC1CCC(O)CC1. The standard InChI is InChI=1S/C17H30N4OS/c1-4-18-17(20-13-7-9-14(22)10-8-13)19-12-15(21(2)3)16-6-5-11-23-16/h5-6,11,13-15,22H,4,7-10,12H2,1-3H3,(H2,18,19,20). The molecule has 1 heterocycles. The lowest BCUT2D eigenvalue weighted by Gasteiger charge is -2.28. The Labute approximate surface area is 143 Å². The van der Waals surface area contributed by atoms with Gasteiger partial charge < -0.3 is 20.6 Å². The molecular formula is C17H30N4OS. The van der Waals surface area contributed by atoms with E-state index in [1.54, 1.807) is 11.3 Å². The highest BCUT2D eigenvalue weighted by Gasteiger charge is 2.20. The molecule has 0 spiro atoms. The van der Waals surface area contributed by atoms with E-state index >= 15 is 0 Å². The minimum Gasteiger partial charge on any atom is -0.393 e. The van der Waals surface area contributed by atoms with Crippen LogP contribution in [0.3, 0.4) is 0 Å². The number of aliphatic hydroxyl groups excluding tert-OH is 1. The van der Waals surface area contributed by atoms with Crippen molar-refractivity contribution in [3.63, 3.8) is 0 Å². The van der Waals surface area contributed by atoms with E-state index in [1.165, 1.54) is 4.88 Å². The fraction of sp³-hybridized carbons (Fsp3) is 0.706. The lowest BCUT2D eigenvalue weighted by atomic mass is 9.93. The third kappa shape index (κ3) is 5.79. The van der Waals surface area contributed by atoms with Crippen molar-refractivity contribution in [2.75, 3.05) is 27.2 Å². The van der Waals surface area contributed by atoms with Crippen molar-refractivity contribution in [1.29, 1.82) is 0 Å². The Balaban J connectivity index is 1.96. The van der Waals surface area contributed by atoms with Crippen molar-refractivity contribution < 1.29 is 5.11 Å². The van der Waals surface area contributed by atoms with Crippen LogP contribution < -0.4 is 10.6 Å². The van der Waals surface area contributed by atoms with Gasteiger partial charge in [-0.3, -0.25) is 4.99 Å². The van der Waals surface area contributed by atoms with Crippen molar-refractivity contribution in [2.45, 2.75) is 50.8 Å². The Hall–Kier alpha value is -1.11. The molecule has 5 nitrogen and oxygen atoms in total. The predicted molar refractivity (Wildman–Crippen MR) is 98.1 cm³/mol. The summed E-state index contributed by atoms with van der Waals surface area (Å²) in [7, 11) is 4.20. The van der Waals surface area contributed by atoms with E-state index in [0.29, 0.717) is 12.1 Å². The molecular weight excluding hydrogens is 308 g/mol. The molecule has 0 aliphatic heterocycles. The van der Waals surface area contributed by atoms with Crippen molar-refractivity contribution in [1.82, 2.24) is 15.5 Å². The summed E-state index contributed by atoms with van der Waals surface area (Å²) in [6, 6.07) is 4.99. The van der Waals surface area contributed by atoms with E-state index in [0.717, 1.165) is 44.7 Å². The van der Waals surface area contributed by atoms with Crippen LogP contribution >= 0.6 is 11.3 Å². The lowest BCUT2D eigenvalue weighted by Crippen LogP contribution is -2.45. The van der Waals surface area contributed by atoms with Gasteiger partial charge in [-0.1, -0.05) is 6.07 Å². The largest absolute Gasteiger partial charge is 0.393 e. The number of thiophene rings is 1. The van der Waals surface area contributed by atoms with Gasteiger partial charge in [-0.25, -0.2) is 0 Å². The molecule has 1 aromatic heterocycles. The van der Waals surface area contributed by atoms with Crippen molar-refractivity contribution in [2.24, 2.45) is 4.99 Å². The fourth-order valence-electron chi connectivity index (χ4n) is 2.90. The molecule has 3 N–H and O–H groups in total. The Bertz CT molecular complexity index is 467. The minimum absolute atomic E-state index is 0.121. The molecule has 1 aliphatic carbocycles. The van der Waals surface area contributed by atoms with Gasteiger partial charge in [0.25, 0.3) is 0 Å². The Morgan fingerprint density at radius 1 is 1.39 bits per heavy atom. The van der Waals surface area contributed by atoms with Gasteiger partial charge >= 0.3 is 0 Å². The van der Waals surface area contributed by atoms with Crippen LogP contribution in [-0.4, -0.2) is 55.3 Å². The Kier molecular flexibility index (Phi) is 7.33. The number of nitrogens with zero attached hydrogens (tertiary/aromatic N) is 2. The van der Waals surface area contributed by atoms with Gasteiger partial charge in [0.15, 0.2) is 5.96 Å². The molecule has 6 heteroatoms. The van der Waals surface area contributed by atoms with Crippen molar-refractivity contribution in [3.8, 4) is 0 Å². The van der Waals surface area contributed by atoms with Crippen LogP contribution in [0.4, 0.5) is 0 Å². The Morgan fingerprint density at radius 3 is 2.70 bits per heavy atom. The summed E-state index contributed by atoms with van der Waals surface area (Å²) in [4.78, 5) is 8.36. The molecule has 2 rings (SSSR count). The van der Waals surface area contributed by atoms with Gasteiger partial charge in [-0.05, 0) is 58.1 Å². The lowest BCUT2D eigenvalue weighted by molar-refractivity contribution is 0.120. The number of rotatable bonds is 6. The van der Waals surface area contributed by atoms with Gasteiger partial charge in [0.1, 0.15) is 0 Å². The molecule has 0 saturated heterocycles. The number of aliphatic imine (C=N–C) groups is 1. The zero-order valence-electron chi connectivity index (χ0n) is 14.5. The molecule has 1 atom stereocenters. The summed E-state index contributed by atoms with van der Waals surface area (Å²) in [5, 5.41) is 18.6. The average Bonchev–Trinajstić information content (AvgIpc) is 3.03. The number of likely N-dealkylation sites (N-methyl/N-ethyl adjacent to an activating group) is 1. The van der Waals surface area contributed by atoms with Gasteiger partial charge in [0.05, 0.1) is 18.7 Å². The first kappa shape index (κ1) is 18.2. The van der Waals surface area contributed by atoms with E-state index < -0.39 is 0 Å². The summed E-state index contributed by atoms with van der Waals surface area (Å²) in [6.07, 6.45) is 3.66. The second-order valence-electron chi connectivity index (χ2n) is 6.36. The highest BCUT2D eigenvalue weighted by molar-refractivity contribution is 7.10. The molecule has 0 bridgehead atoms. The molecule has 1 fully saturated rings. The molecule has 0 amide bonds. The minimum atomic E-state index is -0.121. The molecule has 1 unspecified atom stereocenters. The number of aliphatic hydroxyl groups is 1. The summed E-state index contributed by atoms with van der Waals surface area (Å²) in [6.45, 7) is 3.68. The van der Waals surface area contributed by atoms with Crippen LogP contribution in [0.2, 0.25) is 0 Å². The molecule has 0 aromatic carbocycles. The van der Waals surface area contributed by atoms with E-state index in [2.05, 4.69) is 54.1 Å². The second-order valence-corrected chi connectivity index (χ2v) is 7.34. The van der Waals surface area contributed by atoms with Crippen LogP contribution in [0.15, 0.2) is 22.5 Å². The van der Waals surface area contributed by atoms with Crippen LogP contribution in [0.5, 0.6) is 0 Å². The van der Waals surface area contributed by atoms with Crippen LogP contribution in [-0.2, 0) is 0 Å². The first-order valence-electron chi connectivity index (χ1n) is 8.53. The molecule has 23 heavy (non-hydrogen) atoms. The van der Waals surface area contributed by atoms with E-state index in [1.807, 2.05) is 0 Å². The number of guanidine groups is 1. The summed E-state index contributed by atoms with van der Waals surface area (Å²) in [5.74, 6) is 0.886. The van der Waals surface area contributed by atoms with Crippen molar-refractivity contribution >= 4 is 17.3 Å². The first-order chi connectivity index (χ1) is 11.1. The van der Waals surface area contributed by atoms with Crippen LogP contribution in [0.1, 0.15) is 43.5 Å². The van der Waals surface area contributed by atoms with Crippen molar-refractivity contribution in [3.05, 3.63) is 22.4 Å². The maximum Gasteiger partial charge on any atom is 0.191 e. The number of nitrogens with one attached hydrogen (secondary N) is 2. The van der Waals surface area contributed by atoms with Gasteiger partial charge in [-0.2, -0.15) is 0 Å². The Morgan fingerprint density at radius 2 is 2.13 bits per heavy atom. The van der Waals surface area contributed by atoms with Crippen LogP contribution in [0.25, 0.3) is 0 Å². The van der Waals surface area contributed by atoms with Crippen LogP contribution in [0, 0.1) is 0 Å². The van der Waals surface area contributed by atoms with Gasteiger partial charge in [0.2, 0.25) is 0 Å². The fourth-order valence-corrected chi connectivity index (χ4v) is 3.81. The van der Waals surface area contributed by atoms with E-state index in [9.17, 15) is 5.11 Å². The predicted octanol–water partition coefficient (Wildman–Crippen LogP) is 2.21. The third-order valence-corrected chi connectivity index (χ3v) is 5.27. The highest BCUT2D eigenvalue weighted by Crippen LogP contribution is 2.23. The molecule has 0 radical (unpaired) electrons. The average molecular weight is 339 g/mol. The zero-order valence-corrected chi connectivity index (χ0v) is 15.3. The second kappa shape index (κ2) is 9.25. The molecule has 1 aliphatic rings. The molecule has 130 valence electrons.